The number of amides is 1. The Bertz CT molecular complexity index is 1410. The second-order valence-electron chi connectivity index (χ2n) is 9.02. The van der Waals surface area contributed by atoms with Crippen LogP contribution < -0.4 is 10.6 Å². The topological polar surface area (TPSA) is 111 Å². The molecule has 0 bridgehead atoms. The molecule has 1 fully saturated rings. The lowest BCUT2D eigenvalue weighted by atomic mass is 10.0. The Morgan fingerprint density at radius 3 is 2.46 bits per heavy atom. The maximum atomic E-state index is 13.2. The van der Waals surface area contributed by atoms with E-state index in [9.17, 15) is 18.0 Å². The lowest BCUT2D eigenvalue weighted by molar-refractivity contribution is -0.165. The van der Waals surface area contributed by atoms with E-state index in [0.717, 1.165) is 40.6 Å². The Morgan fingerprint density at radius 2 is 1.84 bits per heavy atom. The van der Waals surface area contributed by atoms with Crippen LogP contribution in [0.1, 0.15) is 36.8 Å². The Balaban J connectivity index is 1.18. The average molecular weight is 512 g/mol. The van der Waals surface area contributed by atoms with E-state index in [4.69, 9.17) is 4.52 Å². The summed E-state index contributed by atoms with van der Waals surface area (Å²) in [5, 5.41) is 13.6. The van der Waals surface area contributed by atoms with Gasteiger partial charge in [0.25, 0.3) is 0 Å². The number of aromatic nitrogens is 5. The van der Waals surface area contributed by atoms with E-state index in [1.807, 2.05) is 32.3 Å². The first-order chi connectivity index (χ1) is 17.7. The number of anilines is 3. The van der Waals surface area contributed by atoms with Crippen LogP contribution in [0.2, 0.25) is 0 Å². The third kappa shape index (κ3) is 5.04. The molecular weight excluding hydrogens is 487 g/mol. The van der Waals surface area contributed by atoms with Gasteiger partial charge in [-0.25, -0.2) is 9.97 Å². The molecule has 0 aliphatic heterocycles. The van der Waals surface area contributed by atoms with Crippen LogP contribution in [0, 0.1) is 0 Å². The molecule has 4 aromatic rings. The van der Waals surface area contributed by atoms with Crippen LogP contribution in [0.3, 0.4) is 0 Å². The maximum absolute atomic E-state index is 13.2. The quantitative estimate of drug-likeness (QED) is 0.345. The van der Waals surface area contributed by atoms with Crippen LogP contribution in [0.4, 0.5) is 30.6 Å². The van der Waals surface area contributed by atoms with Crippen molar-refractivity contribution >= 4 is 23.4 Å². The predicted molar refractivity (Wildman–Crippen MR) is 129 cm³/mol. The average Bonchev–Trinajstić information content (AvgIpc) is 3.44. The fraction of sp³-hybridized carbons (Fsp3) is 0.320. The van der Waals surface area contributed by atoms with Gasteiger partial charge >= 0.3 is 6.18 Å². The number of rotatable bonds is 8. The predicted octanol–water partition coefficient (Wildman–Crippen LogP) is 4.95. The van der Waals surface area contributed by atoms with Gasteiger partial charge in [-0.2, -0.15) is 18.3 Å². The van der Waals surface area contributed by atoms with Gasteiger partial charge in [0.15, 0.2) is 11.6 Å². The Labute approximate surface area is 210 Å². The number of alkyl halides is 3. The van der Waals surface area contributed by atoms with Gasteiger partial charge in [-0.1, -0.05) is 36.3 Å². The van der Waals surface area contributed by atoms with Crippen molar-refractivity contribution in [3.63, 3.8) is 0 Å². The van der Waals surface area contributed by atoms with E-state index in [0.29, 0.717) is 5.95 Å². The molecule has 0 atom stereocenters. The van der Waals surface area contributed by atoms with Gasteiger partial charge in [0.05, 0.1) is 17.8 Å². The van der Waals surface area contributed by atoms with Crippen LogP contribution in [0.25, 0.3) is 11.1 Å². The number of benzene rings is 1. The summed E-state index contributed by atoms with van der Waals surface area (Å²) in [5.74, 6) is -0.256. The van der Waals surface area contributed by atoms with E-state index in [2.05, 4.69) is 30.9 Å². The molecule has 1 aliphatic carbocycles. The number of carbonyl (C=O) groups excluding carboxylic acids is 1. The van der Waals surface area contributed by atoms with E-state index >= 15 is 0 Å². The van der Waals surface area contributed by atoms with Gasteiger partial charge < -0.3 is 15.2 Å². The number of carbonyl (C=O) groups is 1. The summed E-state index contributed by atoms with van der Waals surface area (Å²) in [5.41, 5.74) is 2.20. The maximum Gasteiger partial charge on any atom is 0.401 e. The van der Waals surface area contributed by atoms with Crippen molar-refractivity contribution in [2.45, 2.75) is 44.2 Å². The summed E-state index contributed by atoms with van der Waals surface area (Å²) in [6, 6.07) is 8.43. The molecule has 3 heterocycles. The number of aryl methyl sites for hydroxylation is 2. The van der Waals surface area contributed by atoms with Crippen LogP contribution in [0.15, 0.2) is 53.4 Å². The normalized spacial score (nSPS) is 14.4. The molecule has 9 nitrogen and oxygen atoms in total. The van der Waals surface area contributed by atoms with Gasteiger partial charge in [-0.15, -0.1) is 0 Å². The van der Waals surface area contributed by atoms with Crippen LogP contribution >= 0.6 is 0 Å². The second kappa shape index (κ2) is 9.34. The third-order valence-electron chi connectivity index (χ3n) is 6.33. The first kappa shape index (κ1) is 24.5. The molecule has 0 saturated heterocycles. The standard InChI is InChI=1S/C25H24F3N7O2/c1-3-18-19(14-35(2)33-18)31-23-29-12-17(13-30-23)16-6-4-15(5-7-16)10-22(36)32-21-11-20(37-34-21)24(8-9-24)25(26,27)28/h4-7,11-14H,3,8-10H2,1-2H3,(H,29,30,31)(H,32,34,36). The molecule has 1 aromatic carbocycles. The molecule has 37 heavy (non-hydrogen) atoms. The number of halogens is 3. The molecule has 192 valence electrons. The van der Waals surface area contributed by atoms with E-state index in [1.54, 1.807) is 29.2 Å². The van der Waals surface area contributed by atoms with Crippen LogP contribution in [-0.4, -0.2) is 37.0 Å². The molecule has 0 unspecified atom stereocenters. The van der Waals surface area contributed by atoms with Crippen molar-refractivity contribution < 1.29 is 22.5 Å². The van der Waals surface area contributed by atoms with Gasteiger partial charge in [0, 0.05) is 37.3 Å². The molecule has 1 saturated carbocycles. The lowest BCUT2D eigenvalue weighted by Gasteiger charge is -2.14. The number of hydrogen-bond acceptors (Lipinski definition) is 7. The monoisotopic (exact) mass is 511 g/mol. The number of nitrogens with one attached hydrogen (secondary N) is 2. The summed E-state index contributed by atoms with van der Waals surface area (Å²) < 4.78 is 46.3. The van der Waals surface area contributed by atoms with E-state index < -0.39 is 17.5 Å². The molecule has 2 N–H and O–H groups in total. The minimum atomic E-state index is -4.41. The fourth-order valence-corrected chi connectivity index (χ4v) is 4.10. The second-order valence-corrected chi connectivity index (χ2v) is 9.02. The minimum absolute atomic E-state index is 0.0249. The summed E-state index contributed by atoms with van der Waals surface area (Å²) in [7, 11) is 1.85. The van der Waals surface area contributed by atoms with Crippen molar-refractivity contribution in [3.05, 3.63) is 65.9 Å². The highest BCUT2D eigenvalue weighted by atomic mass is 19.4. The lowest BCUT2D eigenvalue weighted by Crippen LogP contribution is -2.28. The molecule has 0 radical (unpaired) electrons. The van der Waals surface area contributed by atoms with Crippen LogP contribution in [0.5, 0.6) is 0 Å². The molecule has 0 spiro atoms. The fourth-order valence-electron chi connectivity index (χ4n) is 4.10. The van der Waals surface area contributed by atoms with E-state index in [-0.39, 0.29) is 30.8 Å². The molecule has 3 aromatic heterocycles. The SMILES string of the molecule is CCc1nn(C)cc1Nc1ncc(-c2ccc(CC(=O)Nc3cc(C4(C(F)(F)F)CC4)on3)cc2)cn1. The van der Waals surface area contributed by atoms with Gasteiger partial charge in [-0.05, 0) is 30.4 Å². The molecule has 1 amide bonds. The smallest absolute Gasteiger partial charge is 0.358 e. The largest absolute Gasteiger partial charge is 0.401 e. The number of hydrogen-bond donors (Lipinski definition) is 2. The zero-order valence-corrected chi connectivity index (χ0v) is 20.1. The summed E-state index contributed by atoms with van der Waals surface area (Å²) >= 11 is 0. The summed E-state index contributed by atoms with van der Waals surface area (Å²) in [4.78, 5) is 21.2. The zero-order valence-electron chi connectivity index (χ0n) is 20.1. The third-order valence-corrected chi connectivity index (χ3v) is 6.33. The molecule has 5 rings (SSSR count). The van der Waals surface area contributed by atoms with Crippen molar-refractivity contribution in [3.8, 4) is 11.1 Å². The zero-order chi connectivity index (χ0) is 26.2. The Kier molecular flexibility index (Phi) is 6.18. The van der Waals surface area contributed by atoms with E-state index in [1.165, 1.54) is 0 Å². The van der Waals surface area contributed by atoms with Gasteiger partial charge in [-0.3, -0.25) is 9.48 Å². The van der Waals surface area contributed by atoms with Crippen molar-refractivity contribution in [2.24, 2.45) is 7.05 Å². The van der Waals surface area contributed by atoms with Crippen molar-refractivity contribution in [2.75, 3.05) is 10.6 Å². The highest BCUT2D eigenvalue weighted by Gasteiger charge is 2.66. The summed E-state index contributed by atoms with van der Waals surface area (Å²) in [6.07, 6.45) is 1.60. The minimum Gasteiger partial charge on any atom is -0.358 e. The van der Waals surface area contributed by atoms with Gasteiger partial charge in [0.2, 0.25) is 11.9 Å². The highest BCUT2D eigenvalue weighted by Crippen LogP contribution is 2.59. The number of nitrogens with zero attached hydrogens (tertiary/aromatic N) is 5. The molecular formula is C25H24F3N7O2. The van der Waals surface area contributed by atoms with Crippen LogP contribution in [-0.2, 0) is 30.1 Å². The van der Waals surface area contributed by atoms with Crippen molar-refractivity contribution in [1.82, 2.24) is 24.9 Å². The Hall–Kier alpha value is -4.22. The van der Waals surface area contributed by atoms with Crippen molar-refractivity contribution in [1.29, 1.82) is 0 Å². The first-order valence-electron chi connectivity index (χ1n) is 11.7. The Morgan fingerprint density at radius 1 is 1.14 bits per heavy atom. The first-order valence-corrected chi connectivity index (χ1v) is 11.7. The molecule has 12 heteroatoms. The molecule has 1 aliphatic rings. The summed E-state index contributed by atoms with van der Waals surface area (Å²) in [6.45, 7) is 2.02. The highest BCUT2D eigenvalue weighted by molar-refractivity contribution is 5.91. The van der Waals surface area contributed by atoms with Gasteiger partial charge in [0.1, 0.15) is 5.41 Å².